The molecule has 1 unspecified atom stereocenters. The Labute approximate surface area is 202 Å². The third kappa shape index (κ3) is 11.1. The molecule has 1 rings (SSSR count). The molecule has 1 aliphatic heterocycles. The number of alkyl halides is 9. The Hall–Kier alpha value is -0.710. The molecule has 1 saturated heterocycles. The molecule has 1 heterocycles. The van der Waals surface area contributed by atoms with E-state index in [9.17, 15) is 39.5 Å². The van der Waals surface area contributed by atoms with Crippen molar-refractivity contribution in [1.29, 1.82) is 0 Å². The van der Waals surface area contributed by atoms with Crippen LogP contribution in [-0.2, 0) is 9.47 Å². The first-order chi connectivity index (χ1) is 16.3. The van der Waals surface area contributed by atoms with Crippen LogP contribution in [0.25, 0.3) is 0 Å². The fourth-order valence-electron chi connectivity index (χ4n) is 4.03. The van der Waals surface area contributed by atoms with E-state index in [0.717, 1.165) is 71.0 Å². The van der Waals surface area contributed by atoms with Crippen molar-refractivity contribution >= 4 is 0 Å². The van der Waals surface area contributed by atoms with Crippen molar-refractivity contribution in [1.82, 2.24) is 0 Å². The maximum Gasteiger partial charge on any atom is 0.460 e. The Balaban J connectivity index is 1.93. The summed E-state index contributed by atoms with van der Waals surface area (Å²) in [6, 6.07) is 0. The molecule has 0 aliphatic carbocycles. The van der Waals surface area contributed by atoms with Gasteiger partial charge in [-0.15, -0.1) is 0 Å². The number of hydrogen-bond donors (Lipinski definition) is 0. The van der Waals surface area contributed by atoms with Crippen LogP contribution < -0.4 is 0 Å². The van der Waals surface area contributed by atoms with Gasteiger partial charge in [-0.1, -0.05) is 77.0 Å². The lowest BCUT2D eigenvalue weighted by molar-refractivity contribution is -0.396. The van der Waals surface area contributed by atoms with Crippen LogP contribution in [0.1, 0.15) is 109 Å². The van der Waals surface area contributed by atoms with E-state index < -0.39 is 36.8 Å². The molecule has 210 valence electrons. The van der Waals surface area contributed by atoms with Gasteiger partial charge in [0.1, 0.15) is 0 Å². The van der Waals surface area contributed by atoms with E-state index in [2.05, 4.69) is 0 Å². The minimum atomic E-state index is -6.79. The number of rotatable bonds is 20. The van der Waals surface area contributed by atoms with Crippen LogP contribution in [-0.4, -0.2) is 43.4 Å². The summed E-state index contributed by atoms with van der Waals surface area (Å²) in [4.78, 5) is 0. The van der Waals surface area contributed by atoms with Gasteiger partial charge in [0.2, 0.25) is 0 Å². The van der Waals surface area contributed by atoms with Gasteiger partial charge in [0.05, 0.1) is 0 Å². The van der Waals surface area contributed by atoms with Crippen molar-refractivity contribution in [2.24, 2.45) is 0 Å². The second-order valence-electron chi connectivity index (χ2n) is 9.36. The average Bonchev–Trinajstić information content (AvgIpc) is 3.28. The van der Waals surface area contributed by atoms with Crippen LogP contribution in [0.4, 0.5) is 39.5 Å². The van der Waals surface area contributed by atoms with Gasteiger partial charge in [0.25, 0.3) is 0 Å². The SMILES string of the molecule is FC(F)(F)C(F)(F)C(F)(F)C(F)(F)CCCCCCCCCCCCCCCCOC1CCCO1. The number of hydrogen-bond acceptors (Lipinski definition) is 2. The van der Waals surface area contributed by atoms with E-state index in [1.165, 1.54) is 19.3 Å². The average molecular weight is 531 g/mol. The lowest BCUT2D eigenvalue weighted by atomic mass is 9.97. The van der Waals surface area contributed by atoms with Crippen molar-refractivity contribution in [2.45, 2.75) is 139 Å². The molecular weight excluding hydrogens is 491 g/mol. The smallest absolute Gasteiger partial charge is 0.353 e. The quantitative estimate of drug-likeness (QED) is 0.115. The zero-order chi connectivity index (χ0) is 26.4. The molecule has 35 heavy (non-hydrogen) atoms. The second-order valence-corrected chi connectivity index (χ2v) is 9.36. The Kier molecular flexibility index (Phi) is 14.3. The summed E-state index contributed by atoms with van der Waals surface area (Å²) >= 11 is 0. The zero-order valence-corrected chi connectivity index (χ0v) is 20.2. The standard InChI is InChI=1S/C24H39F9O2/c25-21(26,22(27,28)23(29,30)24(31,32)33)17-13-11-9-7-5-3-1-2-4-6-8-10-12-14-18-34-20-16-15-19-35-20/h20H,1-19H2. The highest BCUT2D eigenvalue weighted by atomic mass is 19.4. The van der Waals surface area contributed by atoms with Crippen LogP contribution >= 0.6 is 0 Å². The van der Waals surface area contributed by atoms with E-state index >= 15 is 0 Å². The van der Waals surface area contributed by atoms with Crippen LogP contribution in [0.3, 0.4) is 0 Å². The maximum atomic E-state index is 13.4. The molecule has 0 aromatic carbocycles. The molecule has 0 bridgehead atoms. The van der Waals surface area contributed by atoms with Crippen molar-refractivity contribution in [3.63, 3.8) is 0 Å². The molecule has 0 radical (unpaired) electrons. The van der Waals surface area contributed by atoms with Crippen LogP contribution in [0.5, 0.6) is 0 Å². The summed E-state index contributed by atoms with van der Waals surface area (Å²) < 4.78 is 126. The Morgan fingerprint density at radius 1 is 0.571 bits per heavy atom. The summed E-state index contributed by atoms with van der Waals surface area (Å²) in [6.07, 6.45) is 4.97. The molecule has 1 aliphatic rings. The molecule has 0 spiro atoms. The second kappa shape index (κ2) is 15.5. The monoisotopic (exact) mass is 530 g/mol. The lowest BCUT2D eigenvalue weighted by Crippen LogP contribution is -2.60. The van der Waals surface area contributed by atoms with Gasteiger partial charge in [-0.05, 0) is 19.3 Å². The predicted octanol–water partition coefficient (Wildman–Crippen LogP) is 9.46. The zero-order valence-electron chi connectivity index (χ0n) is 20.2. The first-order valence-electron chi connectivity index (χ1n) is 12.8. The molecule has 0 aromatic heterocycles. The third-order valence-electron chi connectivity index (χ3n) is 6.29. The first kappa shape index (κ1) is 32.3. The van der Waals surface area contributed by atoms with Gasteiger partial charge < -0.3 is 9.47 Å². The third-order valence-corrected chi connectivity index (χ3v) is 6.29. The maximum absolute atomic E-state index is 13.4. The molecule has 2 nitrogen and oxygen atoms in total. The summed E-state index contributed by atoms with van der Waals surface area (Å²) in [6.45, 7) is 1.53. The summed E-state index contributed by atoms with van der Waals surface area (Å²) in [7, 11) is 0. The molecule has 0 amide bonds. The van der Waals surface area contributed by atoms with E-state index in [1.54, 1.807) is 0 Å². The molecule has 1 atom stereocenters. The highest BCUT2D eigenvalue weighted by Crippen LogP contribution is 2.54. The van der Waals surface area contributed by atoms with Gasteiger partial charge in [0.15, 0.2) is 6.29 Å². The van der Waals surface area contributed by atoms with Crippen molar-refractivity contribution < 1.29 is 49.0 Å². The number of ether oxygens (including phenoxy) is 2. The van der Waals surface area contributed by atoms with Gasteiger partial charge >= 0.3 is 23.9 Å². The fourth-order valence-corrected chi connectivity index (χ4v) is 4.03. The number of halogens is 9. The first-order valence-corrected chi connectivity index (χ1v) is 12.8. The molecule has 0 saturated carbocycles. The molecule has 0 N–H and O–H groups in total. The van der Waals surface area contributed by atoms with E-state index in [-0.39, 0.29) is 12.7 Å². The summed E-state index contributed by atoms with van der Waals surface area (Å²) in [5.74, 6) is -18.7. The number of unbranched alkanes of at least 4 members (excludes halogenated alkanes) is 13. The highest BCUT2D eigenvalue weighted by Gasteiger charge is 2.81. The lowest BCUT2D eigenvalue weighted by Gasteiger charge is -2.33. The Bertz CT molecular complexity index is 548. The Morgan fingerprint density at radius 2 is 1.00 bits per heavy atom. The van der Waals surface area contributed by atoms with Gasteiger partial charge in [-0.3, -0.25) is 0 Å². The molecular formula is C24H39F9O2. The molecule has 11 heteroatoms. The fraction of sp³-hybridized carbons (Fsp3) is 1.00. The summed E-state index contributed by atoms with van der Waals surface area (Å²) in [5, 5.41) is 0. The minimum absolute atomic E-state index is 0.0136. The van der Waals surface area contributed by atoms with E-state index in [1.807, 2.05) is 0 Å². The highest BCUT2D eigenvalue weighted by molar-refractivity contribution is 5.00. The van der Waals surface area contributed by atoms with Gasteiger partial charge in [0, 0.05) is 26.1 Å². The normalized spacial score (nSPS) is 17.9. The molecule has 0 aromatic rings. The van der Waals surface area contributed by atoms with Crippen LogP contribution in [0, 0.1) is 0 Å². The summed E-state index contributed by atoms with van der Waals surface area (Å²) in [5.41, 5.74) is 0. The van der Waals surface area contributed by atoms with E-state index in [4.69, 9.17) is 9.47 Å². The largest absolute Gasteiger partial charge is 0.460 e. The van der Waals surface area contributed by atoms with E-state index in [0.29, 0.717) is 12.8 Å². The van der Waals surface area contributed by atoms with Crippen molar-refractivity contribution in [2.75, 3.05) is 13.2 Å². The van der Waals surface area contributed by atoms with Crippen molar-refractivity contribution in [3.05, 3.63) is 0 Å². The van der Waals surface area contributed by atoms with Gasteiger partial charge in [-0.2, -0.15) is 39.5 Å². The molecule has 1 fully saturated rings. The van der Waals surface area contributed by atoms with Crippen LogP contribution in [0.2, 0.25) is 0 Å². The predicted molar refractivity (Wildman–Crippen MR) is 115 cm³/mol. The van der Waals surface area contributed by atoms with Gasteiger partial charge in [-0.25, -0.2) is 0 Å². The Morgan fingerprint density at radius 3 is 1.40 bits per heavy atom. The minimum Gasteiger partial charge on any atom is -0.353 e. The topological polar surface area (TPSA) is 18.5 Å². The van der Waals surface area contributed by atoms with Crippen molar-refractivity contribution in [3.8, 4) is 0 Å². The van der Waals surface area contributed by atoms with Crippen LogP contribution in [0.15, 0.2) is 0 Å².